The summed E-state index contributed by atoms with van der Waals surface area (Å²) in [6.45, 7) is 0. The van der Waals surface area contributed by atoms with Crippen LogP contribution >= 0.6 is 35.6 Å². The van der Waals surface area contributed by atoms with Gasteiger partial charge in [-0.05, 0) is 24.0 Å². The van der Waals surface area contributed by atoms with E-state index >= 15 is 0 Å². The number of rotatable bonds is 12. The van der Waals surface area contributed by atoms with E-state index in [4.69, 9.17) is 26.9 Å². The SMILES string of the molecule is Nc1nc(C(=NOC(c2ccccc2)(c2ccccc2)c2ccccc2)C(=O)N[C@H]2C(=O)N3C(C(=O)OC(c4ccccc4)c4ccccc4)=C(S)CCC23)c(Cl)s1. The Morgan fingerprint density at radius 3 is 1.78 bits per heavy atom. The number of nitrogen functional groups attached to an aromatic ring is 1. The molecule has 3 N–H and O–H groups in total. The molecule has 58 heavy (non-hydrogen) atoms. The van der Waals surface area contributed by atoms with Crippen LogP contribution in [0.15, 0.2) is 167 Å². The number of oxime groups is 1. The third-order valence-corrected chi connectivity index (χ3v) is 11.7. The molecule has 2 aliphatic rings. The molecule has 2 aliphatic heterocycles. The Morgan fingerprint density at radius 2 is 1.31 bits per heavy atom. The quantitative estimate of drug-likeness (QED) is 0.0284. The molecule has 0 aliphatic carbocycles. The highest BCUT2D eigenvalue weighted by atomic mass is 35.5. The zero-order valence-corrected chi connectivity index (χ0v) is 33.2. The molecule has 1 unspecified atom stereocenters. The van der Waals surface area contributed by atoms with E-state index in [0.717, 1.165) is 39.2 Å². The van der Waals surface area contributed by atoms with Gasteiger partial charge in [0.1, 0.15) is 21.8 Å². The number of ether oxygens (including phenoxy) is 1. The molecule has 3 heterocycles. The molecule has 13 heteroatoms. The topological polar surface area (TPSA) is 136 Å². The maximum Gasteiger partial charge on any atom is 0.356 e. The van der Waals surface area contributed by atoms with Crippen molar-refractivity contribution in [3.63, 3.8) is 0 Å². The van der Waals surface area contributed by atoms with Crippen molar-refractivity contribution in [2.45, 2.75) is 36.6 Å². The van der Waals surface area contributed by atoms with Gasteiger partial charge in [-0.3, -0.25) is 14.5 Å². The summed E-state index contributed by atoms with van der Waals surface area (Å²) >= 11 is 12.2. The molecule has 1 saturated heterocycles. The zero-order valence-electron chi connectivity index (χ0n) is 30.8. The number of nitrogens with one attached hydrogen (secondary N) is 1. The van der Waals surface area contributed by atoms with Crippen molar-refractivity contribution in [1.82, 2.24) is 15.2 Å². The Kier molecular flexibility index (Phi) is 11.1. The minimum atomic E-state index is -1.34. The molecule has 290 valence electrons. The van der Waals surface area contributed by atoms with E-state index in [1.54, 1.807) is 0 Å². The van der Waals surface area contributed by atoms with Crippen LogP contribution in [0.2, 0.25) is 4.34 Å². The van der Waals surface area contributed by atoms with Gasteiger partial charge in [0.15, 0.2) is 16.9 Å². The number of nitrogens with two attached hydrogens (primary N) is 1. The Morgan fingerprint density at radius 1 is 0.828 bits per heavy atom. The van der Waals surface area contributed by atoms with Gasteiger partial charge in [0.25, 0.3) is 11.8 Å². The van der Waals surface area contributed by atoms with Crippen molar-refractivity contribution in [3.05, 3.63) is 200 Å². The fraction of sp³-hybridized carbons (Fsp3) is 0.133. The van der Waals surface area contributed by atoms with E-state index in [-0.39, 0.29) is 26.6 Å². The highest BCUT2D eigenvalue weighted by molar-refractivity contribution is 7.84. The van der Waals surface area contributed by atoms with Crippen molar-refractivity contribution < 1.29 is 24.0 Å². The van der Waals surface area contributed by atoms with E-state index in [9.17, 15) is 14.4 Å². The number of nitrogens with zero attached hydrogens (tertiary/aromatic N) is 3. The molecule has 1 aromatic heterocycles. The number of carbonyl (C=O) groups excluding carboxylic acids is 3. The van der Waals surface area contributed by atoms with Gasteiger partial charge in [-0.15, -0.1) is 12.6 Å². The third-order valence-electron chi connectivity index (χ3n) is 10.2. The number of allylic oxidation sites excluding steroid dienone is 1. The summed E-state index contributed by atoms with van der Waals surface area (Å²) in [5.41, 5.74) is 8.22. The maximum atomic E-state index is 14.4. The van der Waals surface area contributed by atoms with Crippen LogP contribution in [-0.4, -0.2) is 45.5 Å². The second kappa shape index (κ2) is 16.7. The number of thiazole rings is 1. The molecule has 2 atom stereocenters. The predicted octanol–water partition coefficient (Wildman–Crippen LogP) is 8.06. The molecule has 10 nitrogen and oxygen atoms in total. The molecule has 2 amide bonds. The molecule has 0 saturated carbocycles. The fourth-order valence-corrected chi connectivity index (χ4v) is 8.69. The van der Waals surface area contributed by atoms with Gasteiger partial charge in [-0.2, -0.15) is 0 Å². The average molecular weight is 826 g/mol. The number of esters is 1. The molecule has 6 aromatic rings. The van der Waals surface area contributed by atoms with Crippen LogP contribution in [0.5, 0.6) is 0 Å². The highest BCUT2D eigenvalue weighted by Crippen LogP contribution is 2.42. The monoisotopic (exact) mass is 825 g/mol. The number of β-lactam (4-membered cyclic amide) rings is 1. The maximum absolute atomic E-state index is 14.4. The van der Waals surface area contributed by atoms with E-state index < -0.39 is 41.6 Å². The lowest BCUT2D eigenvalue weighted by Gasteiger charge is -2.50. The highest BCUT2D eigenvalue weighted by Gasteiger charge is 2.54. The first-order chi connectivity index (χ1) is 28.3. The van der Waals surface area contributed by atoms with Gasteiger partial charge in [0.05, 0.1) is 6.04 Å². The standard InChI is InChI=1S/C45H36ClN5O5S2/c46-40-36(49-44(47)58-40)37(50-56-45(30-20-10-3-11-21-30,31-22-12-4-13-23-31)32-24-14-5-15-25-32)41(52)48-35-33-26-27-34(57)38(51(33)42(35)53)43(54)55-39(28-16-6-1-7-17-28)29-18-8-2-9-19-29/h1-25,33,35,39,57H,26-27H2,(H2,47,49)(H,48,52)/t33?,35-/m1/s1. The number of benzene rings is 5. The summed E-state index contributed by atoms with van der Waals surface area (Å²) in [5, 5.41) is 7.50. The number of halogens is 1. The Bertz CT molecular complexity index is 2370. The lowest BCUT2D eigenvalue weighted by atomic mass is 9.80. The minimum absolute atomic E-state index is 0.00769. The zero-order chi connectivity index (χ0) is 40.2. The molecule has 0 spiro atoms. The minimum Gasteiger partial charge on any atom is -0.448 e. The molecule has 8 rings (SSSR count). The number of carbonyl (C=O) groups is 3. The number of aromatic nitrogens is 1. The van der Waals surface area contributed by atoms with Crippen molar-refractivity contribution in [2.75, 3.05) is 5.73 Å². The first-order valence-electron chi connectivity index (χ1n) is 18.5. The molecular formula is C45H36ClN5O5S2. The van der Waals surface area contributed by atoms with Crippen molar-refractivity contribution in [1.29, 1.82) is 0 Å². The fourth-order valence-electron chi connectivity index (χ4n) is 7.44. The lowest BCUT2D eigenvalue weighted by molar-refractivity contribution is -0.158. The summed E-state index contributed by atoms with van der Waals surface area (Å²) in [6.07, 6.45) is 0.0707. The average Bonchev–Trinajstić information content (AvgIpc) is 3.61. The Balaban J connectivity index is 1.11. The van der Waals surface area contributed by atoms with E-state index in [0.29, 0.717) is 17.7 Å². The van der Waals surface area contributed by atoms with Crippen LogP contribution < -0.4 is 11.1 Å². The third kappa shape index (κ3) is 7.37. The van der Waals surface area contributed by atoms with Gasteiger partial charge in [-0.1, -0.05) is 180 Å². The molecule has 0 bridgehead atoms. The number of hydrogen-bond acceptors (Lipinski definition) is 10. The van der Waals surface area contributed by atoms with Crippen molar-refractivity contribution in [3.8, 4) is 0 Å². The van der Waals surface area contributed by atoms with Gasteiger partial charge < -0.3 is 20.6 Å². The number of amides is 2. The molecule has 5 aromatic carbocycles. The Labute approximate surface area is 349 Å². The van der Waals surface area contributed by atoms with Crippen LogP contribution in [0.25, 0.3) is 0 Å². The summed E-state index contributed by atoms with van der Waals surface area (Å²) in [5.74, 6) is -1.99. The van der Waals surface area contributed by atoms with Gasteiger partial charge >= 0.3 is 5.97 Å². The van der Waals surface area contributed by atoms with Gasteiger partial charge in [-0.25, -0.2) is 9.78 Å². The van der Waals surface area contributed by atoms with Crippen molar-refractivity contribution >= 4 is 64.2 Å². The van der Waals surface area contributed by atoms with Crippen LogP contribution in [0.4, 0.5) is 5.13 Å². The van der Waals surface area contributed by atoms with Crippen LogP contribution in [0.3, 0.4) is 0 Å². The summed E-state index contributed by atoms with van der Waals surface area (Å²) < 4.78 is 6.25. The number of fused-ring (bicyclic) bond motifs is 1. The number of hydrogen-bond donors (Lipinski definition) is 3. The van der Waals surface area contributed by atoms with E-state index in [1.165, 1.54) is 4.90 Å². The Hall–Kier alpha value is -6.21. The normalized spacial score (nSPS) is 16.7. The van der Waals surface area contributed by atoms with Crippen LogP contribution in [0.1, 0.15) is 52.5 Å². The van der Waals surface area contributed by atoms with Crippen LogP contribution in [-0.2, 0) is 29.6 Å². The first kappa shape index (κ1) is 38.7. The largest absolute Gasteiger partial charge is 0.448 e. The molecule has 0 radical (unpaired) electrons. The van der Waals surface area contributed by atoms with Gasteiger partial charge in [0, 0.05) is 21.6 Å². The second-order valence-electron chi connectivity index (χ2n) is 13.7. The van der Waals surface area contributed by atoms with Crippen LogP contribution in [0, 0.1) is 0 Å². The summed E-state index contributed by atoms with van der Waals surface area (Å²) in [7, 11) is 0. The van der Waals surface area contributed by atoms with E-state index in [1.807, 2.05) is 152 Å². The summed E-state index contributed by atoms with van der Waals surface area (Å²) in [6, 6.07) is 45.7. The number of anilines is 1. The lowest BCUT2D eigenvalue weighted by Crippen LogP contribution is -2.72. The molecular weight excluding hydrogens is 790 g/mol. The summed E-state index contributed by atoms with van der Waals surface area (Å²) in [4.78, 5) is 55.3. The van der Waals surface area contributed by atoms with E-state index in [2.05, 4.69) is 28.1 Å². The predicted molar refractivity (Wildman–Crippen MR) is 227 cm³/mol. The van der Waals surface area contributed by atoms with Crippen molar-refractivity contribution in [2.24, 2.45) is 5.16 Å². The molecule has 1 fully saturated rings. The second-order valence-corrected chi connectivity index (χ2v) is 15.8. The first-order valence-corrected chi connectivity index (χ1v) is 20.1. The van der Waals surface area contributed by atoms with Gasteiger partial charge in [0.2, 0.25) is 5.60 Å². The number of thiol groups is 1. The smallest absolute Gasteiger partial charge is 0.356 e.